The van der Waals surface area contributed by atoms with Crippen molar-refractivity contribution in [2.45, 2.75) is 32.4 Å². The second-order valence-corrected chi connectivity index (χ2v) is 5.18. The minimum absolute atomic E-state index is 0.0817. The molecule has 0 aliphatic carbocycles. The fourth-order valence-electron chi connectivity index (χ4n) is 2.53. The van der Waals surface area contributed by atoms with Crippen molar-refractivity contribution in [2.75, 3.05) is 7.11 Å². The zero-order chi connectivity index (χ0) is 15.2. The lowest BCUT2D eigenvalue weighted by Gasteiger charge is -2.23. The van der Waals surface area contributed by atoms with Crippen LogP contribution in [-0.2, 0) is 0 Å². The van der Waals surface area contributed by atoms with Crippen LogP contribution in [0.1, 0.15) is 43.5 Å². The van der Waals surface area contributed by atoms with Gasteiger partial charge in [-0.25, -0.2) is 0 Å². The highest BCUT2D eigenvalue weighted by atomic mass is 16.5. The van der Waals surface area contributed by atoms with Crippen molar-refractivity contribution in [3.8, 4) is 11.5 Å². The molecule has 112 valence electrons. The van der Waals surface area contributed by atoms with E-state index in [4.69, 9.17) is 4.74 Å². The topological polar surface area (TPSA) is 41.5 Å². The van der Waals surface area contributed by atoms with Gasteiger partial charge in [-0.2, -0.15) is 0 Å². The highest BCUT2D eigenvalue weighted by Crippen LogP contribution is 2.27. The Morgan fingerprint density at radius 3 is 2.33 bits per heavy atom. The first-order valence-electron chi connectivity index (χ1n) is 7.33. The third-order valence-corrected chi connectivity index (χ3v) is 3.78. The van der Waals surface area contributed by atoms with Gasteiger partial charge in [0.25, 0.3) is 0 Å². The van der Waals surface area contributed by atoms with E-state index in [0.29, 0.717) is 5.75 Å². The zero-order valence-corrected chi connectivity index (χ0v) is 12.8. The molecule has 3 heteroatoms. The molecule has 0 fully saturated rings. The second-order valence-electron chi connectivity index (χ2n) is 5.18. The standard InChI is InChI=1S/C18H23NO2/c1-4-17(14-9-11-15(21-3)12-10-14)19-13(2)16-7-5-6-8-18(16)20/h5-13,17,19-20H,4H2,1-3H3. The van der Waals surface area contributed by atoms with E-state index in [1.807, 2.05) is 30.3 Å². The van der Waals surface area contributed by atoms with Gasteiger partial charge < -0.3 is 15.2 Å². The first-order chi connectivity index (χ1) is 10.2. The molecular weight excluding hydrogens is 262 g/mol. The Balaban J connectivity index is 2.13. The summed E-state index contributed by atoms with van der Waals surface area (Å²) in [6.07, 6.45) is 0.976. The van der Waals surface area contributed by atoms with Crippen LogP contribution in [0.5, 0.6) is 11.5 Å². The number of hydrogen-bond acceptors (Lipinski definition) is 3. The lowest BCUT2D eigenvalue weighted by Crippen LogP contribution is -2.24. The number of phenols is 1. The molecule has 2 unspecified atom stereocenters. The molecule has 0 radical (unpaired) electrons. The van der Waals surface area contributed by atoms with E-state index in [1.165, 1.54) is 5.56 Å². The number of rotatable bonds is 6. The Morgan fingerprint density at radius 2 is 1.76 bits per heavy atom. The Bertz CT molecular complexity index is 566. The van der Waals surface area contributed by atoms with Crippen LogP contribution < -0.4 is 10.1 Å². The molecule has 2 rings (SSSR count). The summed E-state index contributed by atoms with van der Waals surface area (Å²) in [6.45, 7) is 4.22. The smallest absolute Gasteiger partial charge is 0.120 e. The molecule has 0 heterocycles. The molecule has 21 heavy (non-hydrogen) atoms. The molecule has 2 aromatic rings. The van der Waals surface area contributed by atoms with Crippen LogP contribution in [0.25, 0.3) is 0 Å². The van der Waals surface area contributed by atoms with Gasteiger partial charge in [-0.1, -0.05) is 37.3 Å². The van der Waals surface area contributed by atoms with E-state index < -0.39 is 0 Å². The summed E-state index contributed by atoms with van der Waals surface area (Å²) >= 11 is 0. The van der Waals surface area contributed by atoms with E-state index >= 15 is 0 Å². The van der Waals surface area contributed by atoms with Gasteiger partial charge >= 0.3 is 0 Å². The SMILES string of the molecule is CCC(NC(C)c1ccccc1O)c1ccc(OC)cc1. The quantitative estimate of drug-likeness (QED) is 0.835. The van der Waals surface area contributed by atoms with Gasteiger partial charge in [0.2, 0.25) is 0 Å². The van der Waals surface area contributed by atoms with E-state index in [1.54, 1.807) is 13.2 Å². The largest absolute Gasteiger partial charge is 0.508 e. The van der Waals surface area contributed by atoms with Crippen molar-refractivity contribution < 1.29 is 9.84 Å². The zero-order valence-electron chi connectivity index (χ0n) is 12.8. The summed E-state index contributed by atoms with van der Waals surface area (Å²) in [5.74, 6) is 1.20. The summed E-state index contributed by atoms with van der Waals surface area (Å²) < 4.78 is 5.20. The number of aromatic hydroxyl groups is 1. The van der Waals surface area contributed by atoms with Crippen LogP contribution in [0.15, 0.2) is 48.5 Å². The Hall–Kier alpha value is -2.00. The first-order valence-corrected chi connectivity index (χ1v) is 7.33. The minimum Gasteiger partial charge on any atom is -0.508 e. The summed E-state index contributed by atoms with van der Waals surface area (Å²) in [4.78, 5) is 0. The fraction of sp³-hybridized carbons (Fsp3) is 0.333. The molecule has 0 aliphatic rings. The van der Waals surface area contributed by atoms with Crippen LogP contribution in [0.4, 0.5) is 0 Å². The number of para-hydroxylation sites is 1. The van der Waals surface area contributed by atoms with Crippen molar-refractivity contribution in [2.24, 2.45) is 0 Å². The summed E-state index contributed by atoms with van der Waals surface area (Å²) in [5, 5.41) is 13.5. The number of phenolic OH excluding ortho intramolecular Hbond substituents is 1. The van der Waals surface area contributed by atoms with Crippen molar-refractivity contribution in [1.82, 2.24) is 5.32 Å². The van der Waals surface area contributed by atoms with Gasteiger partial charge in [0, 0.05) is 17.6 Å². The molecule has 3 nitrogen and oxygen atoms in total. The Morgan fingerprint density at radius 1 is 1.10 bits per heavy atom. The van der Waals surface area contributed by atoms with Gasteiger partial charge in [-0.15, -0.1) is 0 Å². The number of nitrogens with one attached hydrogen (secondary N) is 1. The van der Waals surface area contributed by atoms with Crippen molar-refractivity contribution in [1.29, 1.82) is 0 Å². The van der Waals surface area contributed by atoms with Crippen LogP contribution >= 0.6 is 0 Å². The van der Waals surface area contributed by atoms with Gasteiger partial charge in [0.1, 0.15) is 11.5 Å². The average Bonchev–Trinajstić information content (AvgIpc) is 2.53. The molecule has 0 aromatic heterocycles. The Kier molecular flexibility index (Phi) is 5.23. The molecule has 0 spiro atoms. The monoisotopic (exact) mass is 285 g/mol. The predicted octanol–water partition coefficient (Wildman–Crippen LogP) is 4.20. The minimum atomic E-state index is 0.0817. The Labute approximate surface area is 126 Å². The van der Waals surface area contributed by atoms with Crippen molar-refractivity contribution in [3.05, 3.63) is 59.7 Å². The second kappa shape index (κ2) is 7.14. The first kappa shape index (κ1) is 15.4. The van der Waals surface area contributed by atoms with Gasteiger partial charge in [0.15, 0.2) is 0 Å². The van der Waals surface area contributed by atoms with E-state index in [0.717, 1.165) is 17.7 Å². The highest BCUT2D eigenvalue weighted by Gasteiger charge is 2.15. The van der Waals surface area contributed by atoms with E-state index in [-0.39, 0.29) is 12.1 Å². The lowest BCUT2D eigenvalue weighted by molar-refractivity contribution is 0.412. The van der Waals surface area contributed by atoms with E-state index in [9.17, 15) is 5.11 Å². The molecule has 0 amide bonds. The third-order valence-electron chi connectivity index (χ3n) is 3.78. The van der Waals surface area contributed by atoms with Gasteiger partial charge in [-0.3, -0.25) is 0 Å². The molecule has 0 saturated carbocycles. The van der Waals surface area contributed by atoms with Crippen LogP contribution in [0, 0.1) is 0 Å². The molecular formula is C18H23NO2. The summed E-state index contributed by atoms with van der Waals surface area (Å²) in [7, 11) is 1.67. The summed E-state index contributed by atoms with van der Waals surface area (Å²) in [6, 6.07) is 15.9. The normalized spacial score (nSPS) is 13.7. The number of methoxy groups -OCH3 is 1. The summed E-state index contributed by atoms with van der Waals surface area (Å²) in [5.41, 5.74) is 2.14. The van der Waals surface area contributed by atoms with Crippen LogP contribution in [-0.4, -0.2) is 12.2 Å². The van der Waals surface area contributed by atoms with Gasteiger partial charge in [-0.05, 0) is 37.1 Å². The van der Waals surface area contributed by atoms with Crippen LogP contribution in [0.2, 0.25) is 0 Å². The molecule has 0 saturated heterocycles. The predicted molar refractivity (Wildman–Crippen MR) is 85.7 cm³/mol. The average molecular weight is 285 g/mol. The number of ether oxygens (including phenoxy) is 1. The number of benzene rings is 2. The molecule has 0 aliphatic heterocycles. The van der Waals surface area contributed by atoms with Gasteiger partial charge in [0.05, 0.1) is 7.11 Å². The molecule has 0 bridgehead atoms. The van der Waals surface area contributed by atoms with E-state index in [2.05, 4.69) is 31.3 Å². The highest BCUT2D eigenvalue weighted by molar-refractivity contribution is 5.35. The van der Waals surface area contributed by atoms with Crippen molar-refractivity contribution >= 4 is 0 Å². The number of hydrogen-bond donors (Lipinski definition) is 2. The maximum absolute atomic E-state index is 9.95. The fourth-order valence-corrected chi connectivity index (χ4v) is 2.53. The maximum Gasteiger partial charge on any atom is 0.120 e. The molecule has 2 aromatic carbocycles. The van der Waals surface area contributed by atoms with Crippen LogP contribution in [0.3, 0.4) is 0 Å². The molecule has 2 N–H and O–H groups in total. The van der Waals surface area contributed by atoms with Crippen molar-refractivity contribution in [3.63, 3.8) is 0 Å². The third kappa shape index (κ3) is 3.76. The molecule has 2 atom stereocenters. The maximum atomic E-state index is 9.95. The lowest BCUT2D eigenvalue weighted by atomic mass is 10.0.